The summed E-state index contributed by atoms with van der Waals surface area (Å²) in [4.78, 5) is 13.2. The van der Waals surface area contributed by atoms with Crippen molar-refractivity contribution >= 4 is 23.4 Å². The number of hydrogen-bond acceptors (Lipinski definition) is 2. The maximum atomic E-state index is 12.1. The number of carbonyl (C=O) groups is 1. The number of aryl methyl sites for hydroxylation is 2. The van der Waals surface area contributed by atoms with Crippen LogP contribution >= 0.6 is 11.8 Å². The van der Waals surface area contributed by atoms with Crippen LogP contribution in [0, 0.1) is 13.8 Å². The Morgan fingerprint density at radius 1 is 0.952 bits per heavy atom. The van der Waals surface area contributed by atoms with Gasteiger partial charge >= 0.3 is 0 Å². The van der Waals surface area contributed by atoms with E-state index in [1.54, 1.807) is 11.8 Å². The molecule has 0 aromatic heterocycles. The summed E-state index contributed by atoms with van der Waals surface area (Å²) in [5.41, 5.74) is 3.92. The summed E-state index contributed by atoms with van der Waals surface area (Å²) < 4.78 is 0. The van der Waals surface area contributed by atoms with Gasteiger partial charge < -0.3 is 5.32 Å². The van der Waals surface area contributed by atoms with Crippen LogP contribution in [0.3, 0.4) is 0 Å². The molecule has 0 aliphatic rings. The summed E-state index contributed by atoms with van der Waals surface area (Å²) in [5, 5.41) is 4.78. The van der Waals surface area contributed by atoms with Crippen molar-refractivity contribution in [2.45, 2.75) is 25.7 Å². The van der Waals surface area contributed by atoms with Crippen LogP contribution in [0.25, 0.3) is 0 Å². The number of thioether (sulfide) groups is 1. The molecule has 0 fully saturated rings. The van der Waals surface area contributed by atoms with Crippen molar-refractivity contribution in [3.05, 3.63) is 70.6 Å². The first-order valence-corrected chi connectivity index (χ1v) is 7.71. The summed E-state index contributed by atoms with van der Waals surface area (Å²) in [6.07, 6.45) is 0. The van der Waals surface area contributed by atoms with E-state index in [9.17, 15) is 4.79 Å². The second-order valence-corrected chi connectivity index (χ2v) is 5.99. The first kappa shape index (κ1) is 15.4. The number of benzene rings is 2. The first-order valence-electron chi connectivity index (χ1n) is 6.83. The number of hydrogen-bond donors (Lipinski definition) is 1. The van der Waals surface area contributed by atoms with Gasteiger partial charge in [0.2, 0.25) is 0 Å². The molecule has 0 spiro atoms. The molecule has 2 aromatic carbocycles. The summed E-state index contributed by atoms with van der Waals surface area (Å²) in [6.45, 7) is 5.91. The average Bonchev–Trinajstić information content (AvgIpc) is 2.48. The molecule has 2 aromatic rings. The Hall–Kier alpha value is -2.00. The molecule has 0 saturated heterocycles. The summed E-state index contributed by atoms with van der Waals surface area (Å²) in [7, 11) is 0. The smallest absolute Gasteiger partial charge is 0.251 e. The van der Waals surface area contributed by atoms with Crippen LogP contribution in [0.4, 0.5) is 5.69 Å². The molecule has 0 radical (unpaired) electrons. The van der Waals surface area contributed by atoms with Crippen LogP contribution in [-0.2, 0) is 4.79 Å². The van der Waals surface area contributed by atoms with Crippen LogP contribution in [0.2, 0.25) is 0 Å². The van der Waals surface area contributed by atoms with Crippen LogP contribution in [0.5, 0.6) is 0 Å². The third-order valence-corrected chi connectivity index (χ3v) is 4.08. The predicted molar refractivity (Wildman–Crippen MR) is 90.6 cm³/mol. The SMILES string of the molecule is CC(=CSc1ccc(C)cc1)C(=O)Nc1ccc(C)cc1. The highest BCUT2D eigenvalue weighted by Crippen LogP contribution is 2.21. The van der Waals surface area contributed by atoms with Gasteiger partial charge in [0.25, 0.3) is 5.91 Å². The molecular formula is C18H19NOS. The first-order chi connectivity index (χ1) is 10.0. The lowest BCUT2D eigenvalue weighted by molar-refractivity contribution is -0.112. The topological polar surface area (TPSA) is 29.1 Å². The molecule has 1 amide bonds. The van der Waals surface area contributed by atoms with Gasteiger partial charge in [0.05, 0.1) is 0 Å². The average molecular weight is 297 g/mol. The number of carbonyl (C=O) groups excluding carboxylic acids is 1. The molecule has 0 aliphatic carbocycles. The molecule has 3 heteroatoms. The Bertz CT molecular complexity index is 642. The van der Waals surface area contributed by atoms with Gasteiger partial charge in [-0.05, 0) is 50.4 Å². The molecule has 2 rings (SSSR count). The minimum absolute atomic E-state index is 0.0709. The van der Waals surface area contributed by atoms with Crippen molar-refractivity contribution in [1.82, 2.24) is 0 Å². The zero-order valence-corrected chi connectivity index (χ0v) is 13.3. The van der Waals surface area contributed by atoms with Gasteiger partial charge in [-0.25, -0.2) is 0 Å². The van der Waals surface area contributed by atoms with Crippen molar-refractivity contribution in [2.75, 3.05) is 5.32 Å². The molecule has 0 saturated carbocycles. The molecular weight excluding hydrogens is 278 g/mol. The minimum Gasteiger partial charge on any atom is -0.322 e. The van der Waals surface area contributed by atoms with Gasteiger partial charge in [-0.15, -0.1) is 0 Å². The molecule has 1 N–H and O–H groups in total. The second kappa shape index (κ2) is 7.14. The minimum atomic E-state index is -0.0709. The maximum absolute atomic E-state index is 12.1. The Kier molecular flexibility index (Phi) is 5.23. The monoisotopic (exact) mass is 297 g/mol. The van der Waals surface area contributed by atoms with Crippen molar-refractivity contribution in [2.24, 2.45) is 0 Å². The Labute approximate surface area is 130 Å². The number of rotatable bonds is 4. The Balaban J connectivity index is 1.96. The van der Waals surface area contributed by atoms with E-state index in [-0.39, 0.29) is 5.91 Å². The van der Waals surface area contributed by atoms with E-state index in [0.29, 0.717) is 5.57 Å². The summed E-state index contributed by atoms with van der Waals surface area (Å²) >= 11 is 1.56. The van der Waals surface area contributed by atoms with Crippen molar-refractivity contribution in [1.29, 1.82) is 0 Å². The normalized spacial score (nSPS) is 11.3. The van der Waals surface area contributed by atoms with E-state index in [1.807, 2.05) is 43.5 Å². The molecule has 21 heavy (non-hydrogen) atoms. The zero-order chi connectivity index (χ0) is 15.2. The van der Waals surface area contributed by atoms with E-state index < -0.39 is 0 Å². The van der Waals surface area contributed by atoms with Gasteiger partial charge in [-0.1, -0.05) is 47.2 Å². The lowest BCUT2D eigenvalue weighted by atomic mass is 10.2. The molecule has 108 valence electrons. The van der Waals surface area contributed by atoms with Gasteiger partial charge in [0, 0.05) is 16.2 Å². The van der Waals surface area contributed by atoms with Crippen molar-refractivity contribution in [3.8, 4) is 0 Å². The molecule has 0 bridgehead atoms. The third-order valence-electron chi connectivity index (χ3n) is 3.06. The summed E-state index contributed by atoms with van der Waals surface area (Å²) in [5.74, 6) is -0.0709. The van der Waals surface area contributed by atoms with Gasteiger partial charge in [0.15, 0.2) is 0 Å². The van der Waals surface area contributed by atoms with E-state index in [2.05, 4.69) is 36.5 Å². The fraction of sp³-hybridized carbons (Fsp3) is 0.167. The van der Waals surface area contributed by atoms with E-state index in [0.717, 1.165) is 10.6 Å². The van der Waals surface area contributed by atoms with E-state index in [1.165, 1.54) is 11.1 Å². The lowest BCUT2D eigenvalue weighted by Gasteiger charge is -2.06. The highest BCUT2D eigenvalue weighted by molar-refractivity contribution is 8.02. The third kappa shape index (κ3) is 4.80. The van der Waals surface area contributed by atoms with Gasteiger partial charge in [-0.3, -0.25) is 4.79 Å². The van der Waals surface area contributed by atoms with E-state index >= 15 is 0 Å². The highest BCUT2D eigenvalue weighted by Gasteiger charge is 2.04. The fourth-order valence-corrected chi connectivity index (χ4v) is 2.41. The summed E-state index contributed by atoms with van der Waals surface area (Å²) in [6, 6.07) is 16.0. The van der Waals surface area contributed by atoms with Crippen LogP contribution in [0.15, 0.2) is 64.4 Å². The molecule has 2 nitrogen and oxygen atoms in total. The van der Waals surface area contributed by atoms with Gasteiger partial charge in [0.1, 0.15) is 0 Å². The largest absolute Gasteiger partial charge is 0.322 e. The lowest BCUT2D eigenvalue weighted by Crippen LogP contribution is -2.12. The van der Waals surface area contributed by atoms with Crippen molar-refractivity contribution in [3.63, 3.8) is 0 Å². The molecule has 0 heterocycles. The van der Waals surface area contributed by atoms with Gasteiger partial charge in [-0.2, -0.15) is 0 Å². The molecule has 0 unspecified atom stereocenters. The quantitative estimate of drug-likeness (QED) is 0.640. The molecule has 0 atom stereocenters. The zero-order valence-electron chi connectivity index (χ0n) is 12.5. The Morgan fingerprint density at radius 3 is 2.05 bits per heavy atom. The molecule has 0 aliphatic heterocycles. The van der Waals surface area contributed by atoms with Crippen LogP contribution < -0.4 is 5.32 Å². The maximum Gasteiger partial charge on any atom is 0.251 e. The number of amides is 1. The van der Waals surface area contributed by atoms with Crippen LogP contribution in [0.1, 0.15) is 18.1 Å². The van der Waals surface area contributed by atoms with E-state index in [4.69, 9.17) is 0 Å². The highest BCUT2D eigenvalue weighted by atomic mass is 32.2. The fourth-order valence-electron chi connectivity index (χ4n) is 1.69. The number of nitrogens with one attached hydrogen (secondary N) is 1. The second-order valence-electron chi connectivity index (χ2n) is 5.05. The van der Waals surface area contributed by atoms with Crippen LogP contribution in [-0.4, -0.2) is 5.91 Å². The Morgan fingerprint density at radius 2 is 1.48 bits per heavy atom. The number of anilines is 1. The predicted octanol–water partition coefficient (Wildman–Crippen LogP) is 4.94. The standard InChI is InChI=1S/C18H19NOS/c1-13-4-8-16(9-5-13)19-18(20)15(3)12-21-17-10-6-14(2)7-11-17/h4-12H,1-3H3,(H,19,20). The van der Waals surface area contributed by atoms with Crippen molar-refractivity contribution < 1.29 is 4.79 Å².